The van der Waals surface area contributed by atoms with E-state index in [1.165, 1.54) is 32.8 Å². The molecule has 2 aliphatic rings. The fourth-order valence-corrected chi connectivity index (χ4v) is 5.90. The number of hydrogen-bond acceptors (Lipinski definition) is 6. The van der Waals surface area contributed by atoms with Crippen molar-refractivity contribution < 1.29 is 32.3 Å². The summed E-state index contributed by atoms with van der Waals surface area (Å²) in [6.07, 6.45) is -1.46. The average Bonchev–Trinajstić information content (AvgIpc) is 3.57. The number of carbonyl (C=O) groups is 3. The smallest absolute Gasteiger partial charge is 0.416 e. The average molecular weight is 607 g/mol. The highest BCUT2D eigenvalue weighted by Gasteiger charge is 2.43. The van der Waals surface area contributed by atoms with Crippen molar-refractivity contribution in [2.75, 3.05) is 13.1 Å². The van der Waals surface area contributed by atoms with Crippen molar-refractivity contribution in [3.8, 4) is 0 Å². The minimum atomic E-state index is -4.56. The number of rotatable bonds is 4. The van der Waals surface area contributed by atoms with Crippen molar-refractivity contribution in [2.24, 2.45) is 0 Å². The van der Waals surface area contributed by atoms with Crippen LogP contribution in [0.2, 0.25) is 5.02 Å². The predicted octanol–water partition coefficient (Wildman–Crippen LogP) is 6.80. The van der Waals surface area contributed by atoms with Gasteiger partial charge in [0.25, 0.3) is 11.1 Å². The summed E-state index contributed by atoms with van der Waals surface area (Å²) in [5.41, 5.74) is -0.211. The van der Waals surface area contributed by atoms with Gasteiger partial charge >= 0.3 is 12.3 Å². The van der Waals surface area contributed by atoms with Gasteiger partial charge in [0.1, 0.15) is 5.60 Å². The highest BCUT2D eigenvalue weighted by molar-refractivity contribution is 8.18. The van der Waals surface area contributed by atoms with Crippen LogP contribution in [0.15, 0.2) is 47.5 Å². The van der Waals surface area contributed by atoms with Crippen molar-refractivity contribution in [1.29, 1.82) is 0 Å². The highest BCUT2D eigenvalue weighted by Crippen LogP contribution is 2.37. The highest BCUT2D eigenvalue weighted by atomic mass is 35.5. The van der Waals surface area contributed by atoms with E-state index < -0.39 is 40.6 Å². The van der Waals surface area contributed by atoms with Crippen LogP contribution >= 0.6 is 23.4 Å². The molecule has 3 aromatic rings. The van der Waals surface area contributed by atoms with E-state index in [1.54, 1.807) is 45.0 Å². The number of alkyl halides is 3. The second-order valence-electron chi connectivity index (χ2n) is 10.8. The molecule has 41 heavy (non-hydrogen) atoms. The predicted molar refractivity (Wildman–Crippen MR) is 149 cm³/mol. The molecule has 0 spiro atoms. The van der Waals surface area contributed by atoms with Crippen LogP contribution < -0.4 is 0 Å². The number of ether oxygens (including phenoxy) is 1. The minimum Gasteiger partial charge on any atom is -0.444 e. The molecule has 2 aromatic carbocycles. The topological polar surface area (TPSA) is 84.7 Å². The standard InChI is InChI=1S/C28H26ClF3N4O4S/c1-27(2,3)40-25(38)34-9-8-20(15-34)36-24(37)23(41-26(36)39)11-16-4-7-22-18(10-16)13-33-35(22)14-17-5-6-19(29)12-21(17)28(30,31)32/h4-7,10-13,20H,8-9,14-15H2,1-3H3/b23-11-/t20-/m1/s1. The van der Waals surface area contributed by atoms with Gasteiger partial charge in [-0.2, -0.15) is 18.3 Å². The number of amides is 3. The number of imide groups is 1. The Kier molecular flexibility index (Phi) is 7.58. The molecule has 216 valence electrons. The second-order valence-corrected chi connectivity index (χ2v) is 12.3. The van der Waals surface area contributed by atoms with Crippen molar-refractivity contribution in [3.05, 3.63) is 69.2 Å². The van der Waals surface area contributed by atoms with Gasteiger partial charge in [0.2, 0.25) is 0 Å². The Balaban J connectivity index is 1.32. The zero-order chi connectivity index (χ0) is 29.7. The number of halogens is 4. The van der Waals surface area contributed by atoms with Gasteiger partial charge in [0.05, 0.1) is 34.8 Å². The molecule has 5 rings (SSSR count). The van der Waals surface area contributed by atoms with Crippen molar-refractivity contribution in [1.82, 2.24) is 19.6 Å². The van der Waals surface area contributed by atoms with Crippen LogP contribution in [0.4, 0.5) is 22.8 Å². The van der Waals surface area contributed by atoms with Crippen molar-refractivity contribution in [2.45, 2.75) is 51.6 Å². The first kappa shape index (κ1) is 29.0. The third-order valence-electron chi connectivity index (χ3n) is 6.66. The molecule has 0 bridgehead atoms. The molecule has 1 aromatic heterocycles. The van der Waals surface area contributed by atoms with Gasteiger partial charge in [-0.25, -0.2) is 4.79 Å². The molecule has 0 radical (unpaired) electrons. The normalized spacial score (nSPS) is 19.2. The number of hydrogen-bond donors (Lipinski definition) is 0. The van der Waals surface area contributed by atoms with Crippen LogP contribution in [0.5, 0.6) is 0 Å². The number of aromatic nitrogens is 2. The summed E-state index contributed by atoms with van der Waals surface area (Å²) in [4.78, 5) is 41.3. The number of benzene rings is 2. The maximum Gasteiger partial charge on any atom is 0.416 e. The lowest BCUT2D eigenvalue weighted by Crippen LogP contribution is -2.42. The number of thioether (sulfide) groups is 1. The van der Waals surface area contributed by atoms with E-state index >= 15 is 0 Å². The second kappa shape index (κ2) is 10.7. The molecule has 0 aliphatic carbocycles. The van der Waals surface area contributed by atoms with Crippen LogP contribution in [0.25, 0.3) is 17.0 Å². The van der Waals surface area contributed by atoms with Crippen LogP contribution in [0, 0.1) is 0 Å². The monoisotopic (exact) mass is 606 g/mol. The lowest BCUT2D eigenvalue weighted by molar-refractivity contribution is -0.138. The molecule has 13 heteroatoms. The lowest BCUT2D eigenvalue weighted by Gasteiger charge is -2.25. The summed E-state index contributed by atoms with van der Waals surface area (Å²) in [6.45, 7) is 5.77. The summed E-state index contributed by atoms with van der Waals surface area (Å²) in [5, 5.41) is 4.51. The van der Waals surface area contributed by atoms with E-state index in [1.807, 2.05) is 0 Å². The molecular weight excluding hydrogens is 581 g/mol. The number of likely N-dealkylation sites (tertiary alicyclic amines) is 1. The fraction of sp³-hybridized carbons (Fsp3) is 0.357. The van der Waals surface area contributed by atoms with Gasteiger partial charge in [0, 0.05) is 23.5 Å². The summed E-state index contributed by atoms with van der Waals surface area (Å²) >= 11 is 6.62. The Morgan fingerprint density at radius 2 is 1.93 bits per heavy atom. The Morgan fingerprint density at radius 1 is 1.17 bits per heavy atom. The third kappa shape index (κ3) is 6.23. The Morgan fingerprint density at radius 3 is 2.63 bits per heavy atom. The number of nitrogens with zero attached hydrogens (tertiary/aromatic N) is 4. The van der Waals surface area contributed by atoms with E-state index in [4.69, 9.17) is 16.3 Å². The first-order chi connectivity index (χ1) is 19.2. The molecule has 0 unspecified atom stereocenters. The van der Waals surface area contributed by atoms with Crippen LogP contribution in [-0.2, 0) is 22.3 Å². The Labute approximate surface area is 243 Å². The fourth-order valence-electron chi connectivity index (χ4n) is 4.82. The maximum absolute atomic E-state index is 13.5. The number of fused-ring (bicyclic) bond motifs is 1. The Hall–Kier alpha value is -3.51. The third-order valence-corrected chi connectivity index (χ3v) is 7.78. The largest absolute Gasteiger partial charge is 0.444 e. The van der Waals surface area contributed by atoms with Gasteiger partial charge in [-0.1, -0.05) is 23.7 Å². The van der Waals surface area contributed by atoms with Gasteiger partial charge in [-0.15, -0.1) is 0 Å². The number of carbonyl (C=O) groups excluding carboxylic acids is 3. The zero-order valence-corrected chi connectivity index (χ0v) is 23.9. The lowest BCUT2D eigenvalue weighted by atomic mass is 10.1. The van der Waals surface area contributed by atoms with Gasteiger partial charge in [0.15, 0.2) is 0 Å². The SMILES string of the molecule is CC(C)(C)OC(=O)N1CC[C@@H](N2C(=O)S/C(=C\c3ccc4c(cnn4Cc4ccc(Cl)cc4C(F)(F)F)c3)C2=O)C1. The maximum atomic E-state index is 13.5. The van der Waals surface area contributed by atoms with Gasteiger partial charge in [-0.05, 0) is 80.4 Å². The molecule has 1 atom stereocenters. The van der Waals surface area contributed by atoms with Gasteiger partial charge in [-0.3, -0.25) is 19.2 Å². The molecule has 2 fully saturated rings. The van der Waals surface area contributed by atoms with Crippen LogP contribution in [0.1, 0.15) is 43.9 Å². The van der Waals surface area contributed by atoms with E-state index in [2.05, 4.69) is 5.10 Å². The molecular formula is C28H26ClF3N4O4S. The summed E-state index contributed by atoms with van der Waals surface area (Å²) in [5.74, 6) is -0.436. The first-order valence-corrected chi connectivity index (χ1v) is 14.0. The summed E-state index contributed by atoms with van der Waals surface area (Å²) in [7, 11) is 0. The van der Waals surface area contributed by atoms with E-state index in [-0.39, 0.29) is 28.6 Å². The van der Waals surface area contributed by atoms with E-state index in [0.29, 0.717) is 29.4 Å². The Bertz CT molecular complexity index is 1580. The summed E-state index contributed by atoms with van der Waals surface area (Å²) in [6, 6.07) is 8.35. The molecule has 0 N–H and O–H groups in total. The molecule has 3 amide bonds. The van der Waals surface area contributed by atoms with Crippen molar-refractivity contribution in [3.63, 3.8) is 0 Å². The van der Waals surface area contributed by atoms with E-state index in [9.17, 15) is 27.6 Å². The van der Waals surface area contributed by atoms with Gasteiger partial charge < -0.3 is 9.64 Å². The zero-order valence-electron chi connectivity index (χ0n) is 22.4. The molecule has 0 saturated carbocycles. The van der Waals surface area contributed by atoms with Crippen molar-refractivity contribution >= 4 is 57.6 Å². The van der Waals surface area contributed by atoms with E-state index in [0.717, 1.165) is 17.8 Å². The van der Waals surface area contributed by atoms with Crippen LogP contribution in [-0.4, -0.2) is 61.6 Å². The van der Waals surface area contributed by atoms with Crippen LogP contribution in [0.3, 0.4) is 0 Å². The molecule has 3 heterocycles. The molecule has 2 saturated heterocycles. The quantitative estimate of drug-likeness (QED) is 0.304. The summed E-state index contributed by atoms with van der Waals surface area (Å²) < 4.78 is 47.5. The minimum absolute atomic E-state index is 0.00578. The molecule has 2 aliphatic heterocycles. The molecule has 8 nitrogen and oxygen atoms in total. The first-order valence-electron chi connectivity index (χ1n) is 12.8.